The Morgan fingerprint density at radius 1 is 1.06 bits per heavy atom. The van der Waals surface area contributed by atoms with E-state index in [9.17, 15) is 4.79 Å². The Morgan fingerprint density at radius 3 is 2.78 bits per heavy atom. The van der Waals surface area contributed by atoms with Gasteiger partial charge in [-0.1, -0.05) is 47.6 Å². The molecule has 0 spiro atoms. The molecule has 1 fully saturated rings. The molecule has 0 aliphatic heterocycles. The number of aryl methyl sites for hydroxylation is 1. The predicted octanol–water partition coefficient (Wildman–Crippen LogP) is 4.35. The topological polar surface area (TPSA) is 86.7 Å². The van der Waals surface area contributed by atoms with E-state index in [1.54, 1.807) is 12.4 Å². The molecule has 1 aliphatic rings. The van der Waals surface area contributed by atoms with Gasteiger partial charge in [0.15, 0.2) is 5.82 Å². The Morgan fingerprint density at radius 2 is 1.91 bits per heavy atom. The third-order valence-corrected chi connectivity index (χ3v) is 6.46. The number of benzene rings is 2. The first kappa shape index (κ1) is 18.9. The molecule has 2 aromatic carbocycles. The first-order valence-corrected chi connectivity index (χ1v) is 10.8. The minimum Gasteiger partial charge on any atom is -0.337 e. The van der Waals surface area contributed by atoms with Gasteiger partial charge in [0, 0.05) is 12.1 Å². The van der Waals surface area contributed by atoms with Crippen molar-refractivity contribution >= 4 is 21.7 Å². The highest BCUT2D eigenvalue weighted by Crippen LogP contribution is 2.47. The molecular weight excluding hydrogens is 402 g/mol. The van der Waals surface area contributed by atoms with Gasteiger partial charge in [-0.25, -0.2) is 4.98 Å². The zero-order valence-corrected chi connectivity index (χ0v) is 17.6. The van der Waals surface area contributed by atoms with Crippen molar-refractivity contribution < 1.29 is 4.52 Å². The maximum Gasteiger partial charge on any atom is 0.262 e. The van der Waals surface area contributed by atoms with E-state index in [4.69, 9.17) is 4.52 Å². The molecule has 3 heterocycles. The Balaban J connectivity index is 1.18. The summed E-state index contributed by atoms with van der Waals surface area (Å²) in [7, 11) is 0. The Labute approximate surface area is 183 Å². The van der Waals surface area contributed by atoms with Crippen molar-refractivity contribution in [3.8, 4) is 0 Å². The summed E-state index contributed by atoms with van der Waals surface area (Å²) in [4.78, 5) is 25.9. The molecule has 3 aromatic heterocycles. The lowest BCUT2D eigenvalue weighted by Gasteiger charge is -2.33. The van der Waals surface area contributed by atoms with Gasteiger partial charge in [-0.3, -0.25) is 14.3 Å². The fraction of sp³-hybridized carbons (Fsp3) is 0.240. The van der Waals surface area contributed by atoms with Gasteiger partial charge >= 0.3 is 0 Å². The fourth-order valence-electron chi connectivity index (χ4n) is 4.57. The predicted molar refractivity (Wildman–Crippen MR) is 121 cm³/mol. The van der Waals surface area contributed by atoms with Gasteiger partial charge in [0.1, 0.15) is 6.54 Å². The summed E-state index contributed by atoms with van der Waals surface area (Å²) < 4.78 is 6.97. The molecule has 0 bridgehead atoms. The number of hydrogen-bond acceptors (Lipinski definition) is 6. The van der Waals surface area contributed by atoms with Crippen molar-refractivity contribution in [2.45, 2.75) is 38.1 Å². The van der Waals surface area contributed by atoms with Crippen LogP contribution in [0.15, 0.2) is 70.5 Å². The van der Waals surface area contributed by atoms with Gasteiger partial charge in [0.25, 0.3) is 5.56 Å². The highest BCUT2D eigenvalue weighted by molar-refractivity contribution is 5.83. The van der Waals surface area contributed by atoms with E-state index >= 15 is 0 Å². The molecule has 158 valence electrons. The number of pyridine rings is 1. The lowest BCUT2D eigenvalue weighted by Crippen LogP contribution is -2.22. The second-order valence-electron chi connectivity index (χ2n) is 8.55. The SMILES string of the molecule is Cc1cncc2ncn(Cc3nc([C@H]4C[C@H](c5ccc6ccccc6c5)C4)no3)c(=O)c12. The van der Waals surface area contributed by atoms with Gasteiger partial charge in [-0.05, 0) is 47.6 Å². The van der Waals surface area contributed by atoms with Gasteiger partial charge in [0.2, 0.25) is 5.89 Å². The van der Waals surface area contributed by atoms with Gasteiger partial charge in [-0.2, -0.15) is 4.98 Å². The highest BCUT2D eigenvalue weighted by atomic mass is 16.5. The summed E-state index contributed by atoms with van der Waals surface area (Å²) >= 11 is 0. The van der Waals surface area contributed by atoms with Crippen LogP contribution in [0.4, 0.5) is 0 Å². The standard InChI is InChI=1S/C25H21N5O2/c1-15-11-26-12-21-23(15)25(31)30(14-27-21)13-22-28-24(29-32-22)20-9-19(10-20)18-7-6-16-4-2-3-5-17(16)8-18/h2-8,11-12,14,19-20H,9-10,13H2,1H3/t19-,20-. The molecule has 0 amide bonds. The van der Waals surface area contributed by atoms with E-state index in [2.05, 4.69) is 62.6 Å². The van der Waals surface area contributed by atoms with E-state index in [0.717, 1.165) is 24.2 Å². The van der Waals surface area contributed by atoms with Crippen LogP contribution in [-0.4, -0.2) is 24.7 Å². The van der Waals surface area contributed by atoms with Crippen LogP contribution < -0.4 is 5.56 Å². The summed E-state index contributed by atoms with van der Waals surface area (Å²) in [5.74, 6) is 1.93. The molecule has 0 N–H and O–H groups in total. The molecule has 7 heteroatoms. The molecule has 0 unspecified atom stereocenters. The van der Waals surface area contributed by atoms with E-state index in [1.807, 2.05) is 6.92 Å². The van der Waals surface area contributed by atoms with Crippen LogP contribution in [0, 0.1) is 6.92 Å². The summed E-state index contributed by atoms with van der Waals surface area (Å²) in [5, 5.41) is 7.30. The molecule has 6 rings (SSSR count). The molecule has 7 nitrogen and oxygen atoms in total. The van der Waals surface area contributed by atoms with Gasteiger partial charge < -0.3 is 4.52 Å². The largest absolute Gasteiger partial charge is 0.337 e. The van der Waals surface area contributed by atoms with Crippen LogP contribution in [0.2, 0.25) is 0 Å². The smallest absolute Gasteiger partial charge is 0.262 e. The number of rotatable bonds is 4. The van der Waals surface area contributed by atoms with Crippen molar-refractivity contribution in [1.29, 1.82) is 0 Å². The third-order valence-electron chi connectivity index (χ3n) is 6.46. The van der Waals surface area contributed by atoms with Gasteiger partial charge in [0.05, 0.1) is 23.4 Å². The molecule has 1 aliphatic carbocycles. The van der Waals surface area contributed by atoms with E-state index < -0.39 is 0 Å². The third kappa shape index (κ3) is 3.17. The first-order valence-electron chi connectivity index (χ1n) is 10.8. The normalized spacial score (nSPS) is 18.2. The highest BCUT2D eigenvalue weighted by Gasteiger charge is 2.34. The zero-order chi connectivity index (χ0) is 21.7. The summed E-state index contributed by atoms with van der Waals surface area (Å²) in [5.41, 5.74) is 2.62. The molecule has 0 saturated heterocycles. The summed E-state index contributed by atoms with van der Waals surface area (Å²) in [6, 6.07) is 15.1. The van der Waals surface area contributed by atoms with Crippen LogP contribution in [0.1, 0.15) is 47.5 Å². The van der Waals surface area contributed by atoms with E-state index in [-0.39, 0.29) is 18.0 Å². The van der Waals surface area contributed by atoms with Crippen molar-refractivity contribution in [1.82, 2.24) is 24.7 Å². The maximum atomic E-state index is 12.9. The Kier molecular flexibility index (Phi) is 4.35. The Hall–Kier alpha value is -3.87. The fourth-order valence-corrected chi connectivity index (χ4v) is 4.57. The summed E-state index contributed by atoms with van der Waals surface area (Å²) in [6.07, 6.45) is 6.78. The Bertz CT molecular complexity index is 1510. The van der Waals surface area contributed by atoms with Crippen LogP contribution >= 0.6 is 0 Å². The molecule has 0 radical (unpaired) electrons. The number of nitrogens with zero attached hydrogens (tertiary/aromatic N) is 5. The van der Waals surface area contributed by atoms with Gasteiger partial charge in [-0.15, -0.1) is 0 Å². The maximum absolute atomic E-state index is 12.9. The van der Waals surface area contributed by atoms with Crippen LogP contribution in [-0.2, 0) is 6.54 Å². The second kappa shape index (κ2) is 7.37. The molecule has 0 atom stereocenters. The van der Waals surface area contributed by atoms with Crippen molar-refractivity contribution in [2.75, 3.05) is 0 Å². The monoisotopic (exact) mass is 423 g/mol. The number of fused-ring (bicyclic) bond motifs is 2. The minimum absolute atomic E-state index is 0.130. The van der Waals surface area contributed by atoms with Crippen molar-refractivity contribution in [3.63, 3.8) is 0 Å². The minimum atomic E-state index is -0.130. The van der Waals surface area contributed by atoms with Crippen LogP contribution in [0.3, 0.4) is 0 Å². The molecular formula is C25H21N5O2. The van der Waals surface area contributed by atoms with Crippen LogP contribution in [0.25, 0.3) is 21.7 Å². The molecule has 32 heavy (non-hydrogen) atoms. The van der Waals surface area contributed by atoms with Crippen molar-refractivity contribution in [3.05, 3.63) is 94.4 Å². The summed E-state index contributed by atoms with van der Waals surface area (Å²) in [6.45, 7) is 2.06. The molecule has 5 aromatic rings. The lowest BCUT2D eigenvalue weighted by molar-refractivity contribution is 0.315. The molecule has 1 saturated carbocycles. The average molecular weight is 423 g/mol. The van der Waals surface area contributed by atoms with E-state index in [0.29, 0.717) is 22.7 Å². The van der Waals surface area contributed by atoms with Crippen molar-refractivity contribution in [2.24, 2.45) is 0 Å². The number of hydrogen-bond donors (Lipinski definition) is 0. The number of aromatic nitrogens is 5. The lowest BCUT2D eigenvalue weighted by atomic mass is 9.71. The zero-order valence-electron chi connectivity index (χ0n) is 17.6. The van der Waals surface area contributed by atoms with E-state index in [1.165, 1.54) is 27.2 Å². The average Bonchev–Trinajstić information content (AvgIpc) is 3.22. The quantitative estimate of drug-likeness (QED) is 0.427. The first-order chi connectivity index (χ1) is 15.7. The second-order valence-corrected chi connectivity index (χ2v) is 8.55. The van der Waals surface area contributed by atoms with Crippen LogP contribution in [0.5, 0.6) is 0 Å².